The van der Waals surface area contributed by atoms with Gasteiger partial charge in [0.05, 0.1) is 36.6 Å². The van der Waals surface area contributed by atoms with Crippen molar-refractivity contribution < 1.29 is 17.9 Å². The number of likely N-dealkylation sites (N-methyl/N-ethyl adjacent to an activating group) is 2. The van der Waals surface area contributed by atoms with Crippen molar-refractivity contribution in [1.82, 2.24) is 14.9 Å². The van der Waals surface area contributed by atoms with Gasteiger partial charge in [0.2, 0.25) is 21.9 Å². The van der Waals surface area contributed by atoms with Crippen molar-refractivity contribution in [2.45, 2.75) is 6.92 Å². The summed E-state index contributed by atoms with van der Waals surface area (Å²) in [6.45, 7) is 7.12. The van der Waals surface area contributed by atoms with Crippen LogP contribution in [0.3, 0.4) is 0 Å². The zero-order chi connectivity index (χ0) is 30.5. The van der Waals surface area contributed by atoms with Crippen LogP contribution in [0.5, 0.6) is 5.75 Å². The lowest BCUT2D eigenvalue weighted by Gasteiger charge is -2.26. The summed E-state index contributed by atoms with van der Waals surface area (Å²) in [4.78, 5) is 24.9. The molecule has 41 heavy (non-hydrogen) atoms. The van der Waals surface area contributed by atoms with E-state index >= 15 is 0 Å². The molecule has 1 heterocycles. The summed E-state index contributed by atoms with van der Waals surface area (Å²) in [5, 5.41) is 6.40. The Hall–Kier alpha value is -4.07. The van der Waals surface area contributed by atoms with Crippen LogP contribution in [-0.2, 0) is 14.8 Å². The number of aromatic nitrogens is 2. The molecule has 14 heteroatoms. The molecular weight excluding hydrogens is 568 g/mol. The molecule has 0 aliphatic heterocycles. The van der Waals surface area contributed by atoms with Gasteiger partial charge in [-0.05, 0) is 38.7 Å². The van der Waals surface area contributed by atoms with E-state index in [0.29, 0.717) is 46.2 Å². The Bertz CT molecular complexity index is 1560. The molecular formula is C27H35ClN8O4S. The van der Waals surface area contributed by atoms with E-state index in [1.165, 1.54) is 13.3 Å². The number of carbonyl (C=O) groups excluding carboxylic acids is 1. The van der Waals surface area contributed by atoms with Gasteiger partial charge in [-0.2, -0.15) is 4.98 Å². The molecule has 2 aromatic carbocycles. The zero-order valence-corrected chi connectivity index (χ0v) is 25.4. The van der Waals surface area contributed by atoms with E-state index in [-0.39, 0.29) is 22.4 Å². The minimum Gasteiger partial charge on any atom is -0.494 e. The van der Waals surface area contributed by atoms with E-state index in [4.69, 9.17) is 22.1 Å². The number of halogens is 1. The number of amides is 1. The summed E-state index contributed by atoms with van der Waals surface area (Å²) in [6.07, 6.45) is 2.47. The third-order valence-electron chi connectivity index (χ3n) is 6.04. The van der Waals surface area contributed by atoms with Crippen molar-refractivity contribution in [3.63, 3.8) is 0 Å². The molecule has 0 bridgehead atoms. The molecule has 1 amide bonds. The fourth-order valence-corrected chi connectivity index (χ4v) is 4.63. The average Bonchev–Trinajstić information content (AvgIpc) is 2.89. The highest BCUT2D eigenvalue weighted by molar-refractivity contribution is 7.92. The SMILES string of the molecule is C=C(C(N)=O)c1cc(Nc2ncc(Cl)c(Nc3cccc(C)c3NS(C)(=O)=O)n2)c(OC)cc1N(C)CCN(C)C. The van der Waals surface area contributed by atoms with Gasteiger partial charge >= 0.3 is 0 Å². The maximum atomic E-state index is 12.1. The molecule has 12 nitrogen and oxygen atoms in total. The first-order chi connectivity index (χ1) is 19.2. The highest BCUT2D eigenvalue weighted by atomic mass is 35.5. The van der Waals surface area contributed by atoms with Gasteiger partial charge in [-0.15, -0.1) is 0 Å². The van der Waals surface area contributed by atoms with Crippen molar-refractivity contribution >= 4 is 67.6 Å². The number of carbonyl (C=O) groups is 1. The third kappa shape index (κ3) is 8.22. The first kappa shape index (κ1) is 31.5. The lowest BCUT2D eigenvalue weighted by atomic mass is 10.0. The van der Waals surface area contributed by atoms with Crippen molar-refractivity contribution in [2.75, 3.05) is 67.9 Å². The Balaban J connectivity index is 2.02. The number of primary amides is 1. The highest BCUT2D eigenvalue weighted by Gasteiger charge is 2.20. The number of nitrogens with two attached hydrogens (primary N) is 1. The fraction of sp³-hybridized carbons (Fsp3) is 0.296. The van der Waals surface area contributed by atoms with Gasteiger partial charge in [-0.25, -0.2) is 13.4 Å². The number of rotatable bonds is 13. The smallest absolute Gasteiger partial charge is 0.248 e. The predicted octanol–water partition coefficient (Wildman–Crippen LogP) is 3.80. The number of benzene rings is 2. The van der Waals surface area contributed by atoms with Crippen molar-refractivity contribution in [2.24, 2.45) is 5.73 Å². The lowest BCUT2D eigenvalue weighted by Crippen LogP contribution is -2.29. The van der Waals surface area contributed by atoms with Gasteiger partial charge in [0, 0.05) is 43.0 Å². The van der Waals surface area contributed by atoms with Crippen LogP contribution < -0.4 is 30.7 Å². The standard InChI is InChI=1S/C27H35ClN8O4S/c1-16-9-8-10-20(24(16)34-41(7,38)39)31-26-19(28)15-30-27(33-26)32-21-13-18(17(2)25(29)37)22(14-23(21)40-6)36(5)12-11-35(3)4/h8-10,13-15,34H,2,11-12H2,1,3-7H3,(H2,29,37)(H2,30,31,32,33). The predicted molar refractivity (Wildman–Crippen MR) is 166 cm³/mol. The maximum Gasteiger partial charge on any atom is 0.248 e. The molecule has 0 atom stereocenters. The van der Waals surface area contributed by atoms with E-state index in [0.717, 1.165) is 12.8 Å². The van der Waals surface area contributed by atoms with Gasteiger partial charge in [-0.1, -0.05) is 30.3 Å². The molecule has 0 radical (unpaired) electrons. The molecule has 0 aliphatic carbocycles. The van der Waals surface area contributed by atoms with Crippen LogP contribution in [0.1, 0.15) is 11.1 Å². The molecule has 3 rings (SSSR count). The third-order valence-corrected chi connectivity index (χ3v) is 6.89. The summed E-state index contributed by atoms with van der Waals surface area (Å²) >= 11 is 6.39. The topological polar surface area (TPSA) is 155 Å². The zero-order valence-electron chi connectivity index (χ0n) is 23.9. The van der Waals surface area contributed by atoms with Crippen molar-refractivity contribution in [3.05, 3.63) is 59.3 Å². The molecule has 0 saturated heterocycles. The summed E-state index contributed by atoms with van der Waals surface area (Å²) in [5.74, 6) is 0.190. The average molecular weight is 603 g/mol. The molecule has 0 saturated carbocycles. The van der Waals surface area contributed by atoms with E-state index in [1.54, 1.807) is 37.3 Å². The number of ether oxygens (including phenoxy) is 1. The summed E-state index contributed by atoms with van der Waals surface area (Å²) < 4.78 is 32.0. The summed E-state index contributed by atoms with van der Waals surface area (Å²) in [6, 6.07) is 8.73. The fourth-order valence-electron chi connectivity index (χ4n) is 3.85. The number of hydrogen-bond acceptors (Lipinski definition) is 10. The molecule has 0 spiro atoms. The number of nitrogens with zero attached hydrogens (tertiary/aromatic N) is 4. The van der Waals surface area contributed by atoms with E-state index in [9.17, 15) is 13.2 Å². The number of nitrogens with one attached hydrogen (secondary N) is 3. The Morgan fingerprint density at radius 3 is 2.46 bits per heavy atom. The quantitative estimate of drug-likeness (QED) is 0.212. The number of sulfonamides is 1. The highest BCUT2D eigenvalue weighted by Crippen LogP contribution is 2.38. The molecule has 1 aromatic heterocycles. The second-order valence-corrected chi connectivity index (χ2v) is 11.8. The minimum atomic E-state index is -3.54. The second-order valence-electron chi connectivity index (χ2n) is 9.65. The first-order valence-electron chi connectivity index (χ1n) is 12.4. The number of aryl methyl sites for hydroxylation is 1. The molecule has 5 N–H and O–H groups in total. The molecule has 3 aromatic rings. The van der Waals surface area contributed by atoms with Crippen LogP contribution in [0.25, 0.3) is 5.57 Å². The van der Waals surface area contributed by atoms with Crippen LogP contribution in [-0.4, -0.2) is 76.8 Å². The van der Waals surface area contributed by atoms with Gasteiger partial charge < -0.3 is 30.9 Å². The van der Waals surface area contributed by atoms with Crippen LogP contribution in [0.4, 0.5) is 34.5 Å². The molecule has 0 aliphatic rings. The number of anilines is 6. The Morgan fingerprint density at radius 2 is 1.85 bits per heavy atom. The van der Waals surface area contributed by atoms with E-state index in [2.05, 4.69) is 31.9 Å². The van der Waals surface area contributed by atoms with E-state index < -0.39 is 15.9 Å². The number of para-hydroxylation sites is 1. The van der Waals surface area contributed by atoms with Crippen LogP contribution in [0.15, 0.2) is 43.1 Å². The minimum absolute atomic E-state index is 0.132. The van der Waals surface area contributed by atoms with Crippen LogP contribution >= 0.6 is 11.6 Å². The number of hydrogen-bond donors (Lipinski definition) is 4. The lowest BCUT2D eigenvalue weighted by molar-refractivity contribution is -0.112. The van der Waals surface area contributed by atoms with E-state index in [1.807, 2.05) is 30.9 Å². The van der Waals surface area contributed by atoms with Crippen molar-refractivity contribution in [3.8, 4) is 5.75 Å². The molecule has 0 unspecified atom stereocenters. The largest absolute Gasteiger partial charge is 0.494 e. The van der Waals surface area contributed by atoms with Gasteiger partial charge in [0.1, 0.15) is 10.8 Å². The first-order valence-corrected chi connectivity index (χ1v) is 14.7. The van der Waals surface area contributed by atoms with Crippen LogP contribution in [0, 0.1) is 6.92 Å². The Morgan fingerprint density at radius 1 is 1.15 bits per heavy atom. The van der Waals surface area contributed by atoms with Gasteiger partial charge in [0.15, 0.2) is 5.82 Å². The maximum absolute atomic E-state index is 12.1. The Labute approximate surface area is 245 Å². The second kappa shape index (κ2) is 13.1. The molecule has 0 fully saturated rings. The van der Waals surface area contributed by atoms with Gasteiger partial charge in [-0.3, -0.25) is 9.52 Å². The normalized spacial score (nSPS) is 11.2. The van der Waals surface area contributed by atoms with Gasteiger partial charge in [0.25, 0.3) is 0 Å². The van der Waals surface area contributed by atoms with Crippen LogP contribution in [0.2, 0.25) is 5.02 Å². The summed E-state index contributed by atoms with van der Waals surface area (Å²) in [5.41, 5.74) is 8.93. The Kier molecular flexibility index (Phi) is 10.0. The monoisotopic (exact) mass is 602 g/mol. The van der Waals surface area contributed by atoms with Crippen molar-refractivity contribution in [1.29, 1.82) is 0 Å². The summed E-state index contributed by atoms with van der Waals surface area (Å²) in [7, 11) is 3.83. The number of methoxy groups -OCH3 is 1. The molecule has 220 valence electrons.